The summed E-state index contributed by atoms with van der Waals surface area (Å²) >= 11 is 6.05. The van der Waals surface area contributed by atoms with Gasteiger partial charge in [0.2, 0.25) is 5.88 Å². The van der Waals surface area contributed by atoms with E-state index >= 15 is 0 Å². The molecule has 0 aliphatic carbocycles. The Morgan fingerprint density at radius 1 is 1.42 bits per heavy atom. The molecule has 0 radical (unpaired) electrons. The van der Waals surface area contributed by atoms with E-state index in [2.05, 4.69) is 10.1 Å². The standard InChI is InChI=1S/C13H16ClN3O2/c1-3-17-13(10(14)8-16-17)11(18)6-9-4-5-12(19-2)15-7-9/h4-5,7-8,11,18H,3,6H2,1-2H3. The minimum Gasteiger partial charge on any atom is -0.481 e. The second-order valence-corrected chi connectivity index (χ2v) is 4.53. The molecule has 5 nitrogen and oxygen atoms in total. The smallest absolute Gasteiger partial charge is 0.212 e. The highest BCUT2D eigenvalue weighted by Crippen LogP contribution is 2.25. The Bertz CT molecular complexity index is 539. The van der Waals surface area contributed by atoms with Crippen LogP contribution in [0, 0.1) is 0 Å². The van der Waals surface area contributed by atoms with Crippen LogP contribution in [-0.4, -0.2) is 27.0 Å². The van der Waals surface area contributed by atoms with Crippen LogP contribution in [0.1, 0.15) is 24.3 Å². The lowest BCUT2D eigenvalue weighted by Gasteiger charge is -2.13. The SMILES string of the molecule is CCn1ncc(Cl)c1C(O)Cc1ccc(OC)nc1. The average molecular weight is 282 g/mol. The number of aryl methyl sites for hydroxylation is 1. The summed E-state index contributed by atoms with van der Waals surface area (Å²) in [6, 6.07) is 3.64. The molecule has 0 aliphatic heterocycles. The highest BCUT2D eigenvalue weighted by atomic mass is 35.5. The molecule has 6 heteroatoms. The lowest BCUT2D eigenvalue weighted by Crippen LogP contribution is -2.10. The molecule has 2 rings (SSSR count). The topological polar surface area (TPSA) is 60.2 Å². The molecule has 2 aromatic heterocycles. The first-order valence-electron chi connectivity index (χ1n) is 6.04. The van der Waals surface area contributed by atoms with E-state index in [1.165, 1.54) is 0 Å². The minimum atomic E-state index is -0.704. The predicted molar refractivity (Wildman–Crippen MR) is 72.4 cm³/mol. The Morgan fingerprint density at radius 2 is 2.21 bits per heavy atom. The summed E-state index contributed by atoms with van der Waals surface area (Å²) in [5.74, 6) is 0.551. The monoisotopic (exact) mass is 281 g/mol. The second-order valence-electron chi connectivity index (χ2n) is 4.12. The number of hydrogen-bond donors (Lipinski definition) is 1. The summed E-state index contributed by atoms with van der Waals surface area (Å²) in [6.07, 6.45) is 2.96. The molecule has 0 amide bonds. The quantitative estimate of drug-likeness (QED) is 0.913. The van der Waals surface area contributed by atoms with Gasteiger partial charge in [-0.2, -0.15) is 5.10 Å². The number of rotatable bonds is 5. The van der Waals surface area contributed by atoms with Gasteiger partial charge in [-0.05, 0) is 12.5 Å². The third-order valence-corrected chi connectivity index (χ3v) is 3.18. The molecule has 0 bridgehead atoms. The first-order valence-corrected chi connectivity index (χ1v) is 6.41. The normalized spacial score (nSPS) is 12.4. The van der Waals surface area contributed by atoms with Crippen molar-refractivity contribution >= 4 is 11.6 Å². The van der Waals surface area contributed by atoms with E-state index in [0.717, 1.165) is 5.56 Å². The molecule has 1 atom stereocenters. The van der Waals surface area contributed by atoms with Crippen molar-refractivity contribution < 1.29 is 9.84 Å². The van der Waals surface area contributed by atoms with E-state index in [9.17, 15) is 5.11 Å². The number of pyridine rings is 1. The van der Waals surface area contributed by atoms with Gasteiger partial charge in [-0.25, -0.2) is 4.98 Å². The zero-order valence-electron chi connectivity index (χ0n) is 10.9. The fraction of sp³-hybridized carbons (Fsp3) is 0.385. The van der Waals surface area contributed by atoms with Crippen molar-refractivity contribution in [1.29, 1.82) is 0 Å². The van der Waals surface area contributed by atoms with Gasteiger partial charge in [0.05, 0.1) is 24.0 Å². The van der Waals surface area contributed by atoms with Crippen LogP contribution < -0.4 is 4.74 Å². The molecule has 0 saturated heterocycles. The van der Waals surface area contributed by atoms with E-state index in [0.29, 0.717) is 29.6 Å². The summed E-state index contributed by atoms with van der Waals surface area (Å²) in [5, 5.41) is 14.9. The van der Waals surface area contributed by atoms with Crippen molar-refractivity contribution in [1.82, 2.24) is 14.8 Å². The number of aromatic nitrogens is 3. The Labute approximate surface area is 116 Å². The van der Waals surface area contributed by atoms with Crippen LogP contribution >= 0.6 is 11.6 Å². The molecule has 2 aromatic rings. The lowest BCUT2D eigenvalue weighted by molar-refractivity contribution is 0.167. The van der Waals surface area contributed by atoms with E-state index in [1.807, 2.05) is 13.0 Å². The Balaban J connectivity index is 2.15. The molecular formula is C13H16ClN3O2. The van der Waals surface area contributed by atoms with Crippen LogP contribution in [0.4, 0.5) is 0 Å². The third kappa shape index (κ3) is 3.05. The van der Waals surface area contributed by atoms with Gasteiger partial charge in [0.25, 0.3) is 0 Å². The number of aliphatic hydroxyl groups is 1. The summed E-state index contributed by atoms with van der Waals surface area (Å²) in [6.45, 7) is 2.62. The van der Waals surface area contributed by atoms with Crippen LogP contribution in [0.15, 0.2) is 24.5 Å². The van der Waals surface area contributed by atoms with Gasteiger partial charge in [0.15, 0.2) is 0 Å². The highest BCUT2D eigenvalue weighted by Gasteiger charge is 2.18. The van der Waals surface area contributed by atoms with Gasteiger partial charge in [-0.1, -0.05) is 17.7 Å². The fourth-order valence-electron chi connectivity index (χ4n) is 1.93. The van der Waals surface area contributed by atoms with Crippen molar-refractivity contribution in [3.05, 3.63) is 40.8 Å². The minimum absolute atomic E-state index is 0.433. The van der Waals surface area contributed by atoms with Gasteiger partial charge >= 0.3 is 0 Å². The number of halogens is 1. The first-order chi connectivity index (χ1) is 9.15. The zero-order valence-corrected chi connectivity index (χ0v) is 11.6. The molecule has 0 saturated carbocycles. The molecule has 0 spiro atoms. The van der Waals surface area contributed by atoms with E-state index < -0.39 is 6.10 Å². The molecule has 102 valence electrons. The van der Waals surface area contributed by atoms with Gasteiger partial charge in [0, 0.05) is 25.2 Å². The summed E-state index contributed by atoms with van der Waals surface area (Å²) in [4.78, 5) is 4.11. The van der Waals surface area contributed by atoms with Crippen molar-refractivity contribution in [2.45, 2.75) is 26.0 Å². The number of methoxy groups -OCH3 is 1. The summed E-state index contributed by atoms with van der Waals surface area (Å²) in [7, 11) is 1.57. The van der Waals surface area contributed by atoms with Crippen LogP contribution in [0.2, 0.25) is 5.02 Å². The van der Waals surface area contributed by atoms with Crippen LogP contribution in [0.25, 0.3) is 0 Å². The Kier molecular flexibility index (Phi) is 4.39. The molecule has 0 fully saturated rings. The maximum Gasteiger partial charge on any atom is 0.212 e. The number of nitrogens with zero attached hydrogens (tertiary/aromatic N) is 3. The highest BCUT2D eigenvalue weighted by molar-refractivity contribution is 6.31. The van der Waals surface area contributed by atoms with Crippen molar-refractivity contribution in [3.8, 4) is 5.88 Å². The number of hydrogen-bond acceptors (Lipinski definition) is 4. The van der Waals surface area contributed by atoms with Gasteiger partial charge in [0.1, 0.15) is 6.10 Å². The average Bonchev–Trinajstić information content (AvgIpc) is 2.80. The predicted octanol–water partition coefficient (Wildman–Crippen LogP) is 2.24. The molecular weight excluding hydrogens is 266 g/mol. The summed E-state index contributed by atoms with van der Waals surface area (Å²) in [5.41, 5.74) is 1.55. The number of ether oxygens (including phenoxy) is 1. The first kappa shape index (κ1) is 13.8. The zero-order chi connectivity index (χ0) is 13.8. The Hall–Kier alpha value is -1.59. The van der Waals surface area contributed by atoms with E-state index in [1.54, 1.807) is 30.3 Å². The van der Waals surface area contributed by atoms with Crippen LogP contribution in [-0.2, 0) is 13.0 Å². The summed E-state index contributed by atoms with van der Waals surface area (Å²) < 4.78 is 6.69. The van der Waals surface area contributed by atoms with E-state index in [-0.39, 0.29) is 0 Å². The maximum atomic E-state index is 10.3. The van der Waals surface area contributed by atoms with Gasteiger partial charge in [-0.15, -0.1) is 0 Å². The van der Waals surface area contributed by atoms with Crippen molar-refractivity contribution in [2.75, 3.05) is 7.11 Å². The van der Waals surface area contributed by atoms with Crippen molar-refractivity contribution in [2.24, 2.45) is 0 Å². The molecule has 19 heavy (non-hydrogen) atoms. The van der Waals surface area contributed by atoms with Crippen LogP contribution in [0.3, 0.4) is 0 Å². The maximum absolute atomic E-state index is 10.3. The second kappa shape index (κ2) is 6.04. The third-order valence-electron chi connectivity index (χ3n) is 2.88. The Morgan fingerprint density at radius 3 is 2.79 bits per heavy atom. The fourth-order valence-corrected chi connectivity index (χ4v) is 2.19. The molecule has 2 heterocycles. The van der Waals surface area contributed by atoms with Crippen molar-refractivity contribution in [3.63, 3.8) is 0 Å². The van der Waals surface area contributed by atoms with Gasteiger partial charge in [-0.3, -0.25) is 4.68 Å². The van der Waals surface area contributed by atoms with E-state index in [4.69, 9.17) is 16.3 Å². The molecule has 0 aromatic carbocycles. The molecule has 0 aliphatic rings. The molecule has 1 unspecified atom stereocenters. The van der Waals surface area contributed by atoms with Gasteiger partial charge < -0.3 is 9.84 Å². The largest absolute Gasteiger partial charge is 0.481 e. The lowest BCUT2D eigenvalue weighted by atomic mass is 10.1. The molecule has 1 N–H and O–H groups in total. The number of aliphatic hydroxyl groups excluding tert-OH is 1. The van der Waals surface area contributed by atoms with Crippen LogP contribution in [0.5, 0.6) is 5.88 Å².